The number of hydrogen-bond donors (Lipinski definition) is 1. The average molecular weight is 228 g/mol. The first-order valence-corrected chi connectivity index (χ1v) is 6.46. The Bertz CT molecular complexity index is 204. The standard InChI is InChI=1S/C13H28N2O/c1-13(2)10-12(6-9-16)11-15(13)8-5-7-14(3)4/h12,16H,5-11H2,1-4H3. The molecule has 1 aliphatic rings. The number of likely N-dealkylation sites (tertiary alicyclic amines) is 1. The van der Waals surface area contributed by atoms with E-state index in [2.05, 4.69) is 37.7 Å². The number of rotatable bonds is 6. The van der Waals surface area contributed by atoms with E-state index in [1.54, 1.807) is 0 Å². The summed E-state index contributed by atoms with van der Waals surface area (Å²) in [6, 6.07) is 0. The van der Waals surface area contributed by atoms with Gasteiger partial charge in [-0.15, -0.1) is 0 Å². The maximum absolute atomic E-state index is 9.01. The fourth-order valence-corrected chi connectivity index (χ4v) is 2.81. The molecule has 16 heavy (non-hydrogen) atoms. The first-order chi connectivity index (χ1) is 7.45. The molecule has 1 rings (SSSR count). The van der Waals surface area contributed by atoms with Crippen molar-refractivity contribution in [3.63, 3.8) is 0 Å². The van der Waals surface area contributed by atoms with Gasteiger partial charge in [0, 0.05) is 18.7 Å². The molecular formula is C13H28N2O. The molecular weight excluding hydrogens is 200 g/mol. The highest BCUT2D eigenvalue weighted by molar-refractivity contribution is 4.92. The second-order valence-electron chi connectivity index (χ2n) is 6.00. The lowest BCUT2D eigenvalue weighted by Crippen LogP contribution is -2.39. The van der Waals surface area contributed by atoms with Crippen molar-refractivity contribution in [2.45, 2.75) is 38.6 Å². The van der Waals surface area contributed by atoms with Crippen LogP contribution in [0.5, 0.6) is 0 Å². The predicted molar refractivity (Wildman–Crippen MR) is 68.6 cm³/mol. The molecule has 0 saturated carbocycles. The Balaban J connectivity index is 2.35. The predicted octanol–water partition coefficient (Wildman–Crippen LogP) is 1.42. The molecule has 1 saturated heterocycles. The van der Waals surface area contributed by atoms with Crippen LogP contribution in [0.2, 0.25) is 0 Å². The zero-order valence-electron chi connectivity index (χ0n) is 11.4. The molecule has 1 unspecified atom stereocenters. The van der Waals surface area contributed by atoms with E-state index in [9.17, 15) is 0 Å². The minimum atomic E-state index is 0.326. The average Bonchev–Trinajstić information content (AvgIpc) is 2.41. The third-order valence-electron chi connectivity index (χ3n) is 3.69. The second-order valence-corrected chi connectivity index (χ2v) is 6.00. The number of hydrogen-bond acceptors (Lipinski definition) is 3. The van der Waals surface area contributed by atoms with E-state index < -0.39 is 0 Å². The van der Waals surface area contributed by atoms with Crippen LogP contribution in [0.4, 0.5) is 0 Å². The van der Waals surface area contributed by atoms with E-state index in [1.807, 2.05) is 0 Å². The van der Waals surface area contributed by atoms with E-state index in [4.69, 9.17) is 5.11 Å². The Morgan fingerprint density at radius 2 is 2.06 bits per heavy atom. The van der Waals surface area contributed by atoms with Gasteiger partial charge in [0.2, 0.25) is 0 Å². The molecule has 1 fully saturated rings. The maximum Gasteiger partial charge on any atom is 0.0434 e. The normalized spacial score (nSPS) is 25.5. The minimum absolute atomic E-state index is 0.326. The lowest BCUT2D eigenvalue weighted by Gasteiger charge is -2.31. The smallest absolute Gasteiger partial charge is 0.0434 e. The maximum atomic E-state index is 9.01. The molecule has 3 heteroatoms. The molecule has 0 aromatic carbocycles. The Morgan fingerprint density at radius 3 is 2.62 bits per heavy atom. The summed E-state index contributed by atoms with van der Waals surface area (Å²) in [5, 5.41) is 9.01. The topological polar surface area (TPSA) is 26.7 Å². The van der Waals surface area contributed by atoms with E-state index in [1.165, 1.54) is 25.9 Å². The first-order valence-electron chi connectivity index (χ1n) is 6.46. The molecule has 0 aliphatic carbocycles. The molecule has 0 spiro atoms. The fraction of sp³-hybridized carbons (Fsp3) is 1.00. The van der Waals surface area contributed by atoms with Gasteiger partial charge in [-0.1, -0.05) is 0 Å². The molecule has 3 nitrogen and oxygen atoms in total. The largest absolute Gasteiger partial charge is 0.396 e. The highest BCUT2D eigenvalue weighted by Gasteiger charge is 2.37. The highest BCUT2D eigenvalue weighted by Crippen LogP contribution is 2.34. The molecule has 96 valence electrons. The lowest BCUT2D eigenvalue weighted by molar-refractivity contribution is 0.166. The van der Waals surface area contributed by atoms with Crippen molar-refractivity contribution in [1.29, 1.82) is 0 Å². The molecule has 1 N–H and O–H groups in total. The quantitative estimate of drug-likeness (QED) is 0.745. The summed E-state index contributed by atoms with van der Waals surface area (Å²) in [4.78, 5) is 4.84. The van der Waals surface area contributed by atoms with Gasteiger partial charge in [0.15, 0.2) is 0 Å². The van der Waals surface area contributed by atoms with Crippen molar-refractivity contribution in [3.05, 3.63) is 0 Å². The number of nitrogens with zero attached hydrogens (tertiary/aromatic N) is 2. The molecule has 0 radical (unpaired) electrons. The van der Waals surface area contributed by atoms with E-state index >= 15 is 0 Å². The summed E-state index contributed by atoms with van der Waals surface area (Å²) in [6.07, 6.45) is 3.44. The van der Waals surface area contributed by atoms with Crippen molar-refractivity contribution >= 4 is 0 Å². The van der Waals surface area contributed by atoms with Gasteiger partial charge in [0.1, 0.15) is 0 Å². The Kier molecular flexibility index (Phi) is 5.22. The number of aliphatic hydroxyl groups excluding tert-OH is 1. The van der Waals surface area contributed by atoms with Crippen LogP contribution >= 0.6 is 0 Å². The third-order valence-corrected chi connectivity index (χ3v) is 3.69. The molecule has 1 aliphatic heterocycles. The number of aliphatic hydroxyl groups is 1. The zero-order valence-corrected chi connectivity index (χ0v) is 11.4. The minimum Gasteiger partial charge on any atom is -0.396 e. The van der Waals surface area contributed by atoms with E-state index in [-0.39, 0.29) is 0 Å². The summed E-state index contributed by atoms with van der Waals surface area (Å²) in [5.41, 5.74) is 0.326. The van der Waals surface area contributed by atoms with Gasteiger partial charge in [-0.3, -0.25) is 4.90 Å². The van der Waals surface area contributed by atoms with Crippen LogP contribution in [-0.4, -0.2) is 60.8 Å². The highest BCUT2D eigenvalue weighted by atomic mass is 16.3. The van der Waals surface area contributed by atoms with Crippen LogP contribution in [0.3, 0.4) is 0 Å². The van der Waals surface area contributed by atoms with Gasteiger partial charge in [0.25, 0.3) is 0 Å². The van der Waals surface area contributed by atoms with E-state index in [0.29, 0.717) is 18.1 Å². The van der Waals surface area contributed by atoms with Gasteiger partial charge >= 0.3 is 0 Å². The first kappa shape index (κ1) is 13.9. The summed E-state index contributed by atoms with van der Waals surface area (Å²) >= 11 is 0. The van der Waals surface area contributed by atoms with Crippen LogP contribution in [0.15, 0.2) is 0 Å². The van der Waals surface area contributed by atoms with Crippen molar-refractivity contribution in [3.8, 4) is 0 Å². The van der Waals surface area contributed by atoms with E-state index in [0.717, 1.165) is 13.0 Å². The third kappa shape index (κ3) is 4.04. The van der Waals surface area contributed by atoms with Crippen molar-refractivity contribution < 1.29 is 5.11 Å². The second kappa shape index (κ2) is 5.99. The van der Waals surface area contributed by atoms with Gasteiger partial charge in [-0.2, -0.15) is 0 Å². The van der Waals surface area contributed by atoms with Crippen molar-refractivity contribution in [1.82, 2.24) is 9.80 Å². The van der Waals surface area contributed by atoms with Gasteiger partial charge in [-0.25, -0.2) is 0 Å². The summed E-state index contributed by atoms with van der Waals surface area (Å²) in [5.74, 6) is 0.694. The van der Waals surface area contributed by atoms with Crippen LogP contribution in [-0.2, 0) is 0 Å². The molecule has 1 atom stereocenters. The van der Waals surface area contributed by atoms with Crippen LogP contribution in [0.25, 0.3) is 0 Å². The SMILES string of the molecule is CN(C)CCCN1CC(CCO)CC1(C)C. The Morgan fingerprint density at radius 1 is 1.38 bits per heavy atom. The van der Waals surface area contributed by atoms with Gasteiger partial charge in [0.05, 0.1) is 0 Å². The molecule has 0 amide bonds. The zero-order chi connectivity index (χ0) is 12.2. The summed E-state index contributed by atoms with van der Waals surface area (Å²) in [6.45, 7) is 8.53. The molecule has 0 bridgehead atoms. The van der Waals surface area contributed by atoms with Crippen LogP contribution in [0, 0.1) is 5.92 Å². The van der Waals surface area contributed by atoms with Crippen molar-refractivity contribution in [2.24, 2.45) is 5.92 Å². The Hall–Kier alpha value is -0.120. The van der Waals surface area contributed by atoms with Crippen LogP contribution < -0.4 is 0 Å². The summed E-state index contributed by atoms with van der Waals surface area (Å²) in [7, 11) is 4.26. The van der Waals surface area contributed by atoms with Gasteiger partial charge in [-0.05, 0) is 66.2 Å². The van der Waals surface area contributed by atoms with Crippen molar-refractivity contribution in [2.75, 3.05) is 40.3 Å². The molecule has 0 aromatic rings. The van der Waals surface area contributed by atoms with Crippen LogP contribution in [0.1, 0.15) is 33.1 Å². The molecule has 1 heterocycles. The fourth-order valence-electron chi connectivity index (χ4n) is 2.81. The van der Waals surface area contributed by atoms with Gasteiger partial charge < -0.3 is 10.0 Å². The summed E-state index contributed by atoms with van der Waals surface area (Å²) < 4.78 is 0. The Labute approximate surface area is 100 Å². The molecule has 0 aromatic heterocycles. The monoisotopic (exact) mass is 228 g/mol. The lowest BCUT2D eigenvalue weighted by atomic mass is 9.94.